The van der Waals surface area contributed by atoms with Crippen LogP contribution in [0.2, 0.25) is 0 Å². The molecule has 0 fully saturated rings. The lowest BCUT2D eigenvalue weighted by atomic mass is 9.98. The Morgan fingerprint density at radius 1 is 0.306 bits per heavy atom. The summed E-state index contributed by atoms with van der Waals surface area (Å²) in [5.74, 6) is 1.91. The maximum Gasteiger partial charge on any atom is 0.164 e. The van der Waals surface area contributed by atoms with Gasteiger partial charge in [-0.3, -0.25) is 0 Å². The second kappa shape index (κ2) is 12.2. The largest absolute Gasteiger partial charge is 0.309 e. The van der Waals surface area contributed by atoms with E-state index < -0.39 is 0 Å². The normalized spacial score (nSPS) is 11.3. The first-order chi connectivity index (χ1) is 24.3. The summed E-state index contributed by atoms with van der Waals surface area (Å²) in [4.78, 5) is 15.2. The van der Waals surface area contributed by atoms with Crippen LogP contribution < -0.4 is 0 Å². The van der Waals surface area contributed by atoms with Crippen LogP contribution in [-0.2, 0) is 0 Å². The van der Waals surface area contributed by atoms with Gasteiger partial charge in [0.1, 0.15) is 0 Å². The van der Waals surface area contributed by atoms with Crippen molar-refractivity contribution in [3.63, 3.8) is 0 Å². The zero-order valence-corrected chi connectivity index (χ0v) is 26.6. The van der Waals surface area contributed by atoms with Gasteiger partial charge in [0.2, 0.25) is 0 Å². The third-order valence-corrected chi connectivity index (χ3v) is 9.08. The third kappa shape index (κ3) is 5.26. The lowest BCUT2D eigenvalue weighted by Gasteiger charge is -2.13. The average molecular weight is 627 g/mol. The number of rotatable bonds is 6. The number of para-hydroxylation sites is 2. The fourth-order valence-corrected chi connectivity index (χ4v) is 6.73. The number of aromatic nitrogens is 4. The number of nitrogens with zero attached hydrogens (tertiary/aromatic N) is 4. The van der Waals surface area contributed by atoms with Gasteiger partial charge in [-0.25, -0.2) is 15.0 Å². The van der Waals surface area contributed by atoms with Crippen molar-refractivity contribution in [1.82, 2.24) is 19.5 Å². The van der Waals surface area contributed by atoms with Gasteiger partial charge in [-0.05, 0) is 52.6 Å². The van der Waals surface area contributed by atoms with Crippen molar-refractivity contribution in [2.24, 2.45) is 0 Å². The molecule has 0 atom stereocenters. The molecule has 49 heavy (non-hydrogen) atoms. The molecule has 2 heterocycles. The van der Waals surface area contributed by atoms with Crippen molar-refractivity contribution in [1.29, 1.82) is 0 Å². The van der Waals surface area contributed by atoms with Gasteiger partial charge in [-0.15, -0.1) is 0 Å². The fourth-order valence-electron chi connectivity index (χ4n) is 6.73. The zero-order chi connectivity index (χ0) is 32.6. The molecule has 0 unspecified atom stereocenters. The molecule has 0 N–H and O–H groups in total. The molecule has 9 rings (SSSR count). The SMILES string of the molecule is c1ccc(-c2cccc(-c3nc(-c4ccccc4)nc(-c4ccccc4-c4ccc(-n5c6ccccc6c6ccccc65)cc4)n3)c2)cc1. The molecule has 0 aliphatic carbocycles. The van der Waals surface area contributed by atoms with Crippen LogP contribution in [0.3, 0.4) is 0 Å². The lowest BCUT2D eigenvalue weighted by molar-refractivity contribution is 1.07. The highest BCUT2D eigenvalue weighted by Gasteiger charge is 2.17. The summed E-state index contributed by atoms with van der Waals surface area (Å²) in [6.07, 6.45) is 0. The molecule has 0 saturated carbocycles. The summed E-state index contributed by atoms with van der Waals surface area (Å²) in [5.41, 5.74) is 10.8. The summed E-state index contributed by atoms with van der Waals surface area (Å²) >= 11 is 0. The molecule has 9 aromatic rings. The number of hydrogen-bond donors (Lipinski definition) is 0. The van der Waals surface area contributed by atoms with Crippen molar-refractivity contribution < 1.29 is 0 Å². The third-order valence-electron chi connectivity index (χ3n) is 9.08. The Kier molecular flexibility index (Phi) is 7.10. The Morgan fingerprint density at radius 2 is 0.796 bits per heavy atom. The minimum atomic E-state index is 0.635. The van der Waals surface area contributed by atoms with Gasteiger partial charge >= 0.3 is 0 Å². The summed E-state index contributed by atoms with van der Waals surface area (Å²) in [6.45, 7) is 0. The quantitative estimate of drug-likeness (QED) is 0.184. The second-order valence-corrected chi connectivity index (χ2v) is 12.1. The molecule has 0 aliphatic heterocycles. The van der Waals surface area contributed by atoms with E-state index in [0.717, 1.165) is 44.6 Å². The first kappa shape index (κ1) is 28.6. The molecule has 0 spiro atoms. The fraction of sp³-hybridized carbons (Fsp3) is 0. The number of fused-ring (bicyclic) bond motifs is 3. The van der Waals surface area contributed by atoms with Gasteiger partial charge < -0.3 is 4.57 Å². The molecule has 4 heteroatoms. The van der Waals surface area contributed by atoms with E-state index in [1.807, 2.05) is 42.5 Å². The van der Waals surface area contributed by atoms with Gasteiger partial charge in [-0.2, -0.15) is 0 Å². The monoisotopic (exact) mass is 626 g/mol. The summed E-state index contributed by atoms with van der Waals surface area (Å²) in [7, 11) is 0. The number of hydrogen-bond acceptors (Lipinski definition) is 3. The maximum atomic E-state index is 5.12. The molecule has 4 nitrogen and oxygen atoms in total. The van der Waals surface area contributed by atoms with E-state index in [1.165, 1.54) is 21.8 Å². The van der Waals surface area contributed by atoms with E-state index in [0.29, 0.717) is 17.5 Å². The van der Waals surface area contributed by atoms with Crippen molar-refractivity contribution in [2.45, 2.75) is 0 Å². The molecular weight excluding hydrogens is 597 g/mol. The molecule has 230 valence electrons. The minimum absolute atomic E-state index is 0.635. The van der Waals surface area contributed by atoms with Crippen molar-refractivity contribution >= 4 is 21.8 Å². The van der Waals surface area contributed by atoms with Crippen molar-refractivity contribution in [3.05, 3.63) is 182 Å². The molecule has 0 amide bonds. The minimum Gasteiger partial charge on any atom is -0.309 e. The molecular formula is C45H30N4. The molecule has 0 bridgehead atoms. The van der Waals surface area contributed by atoms with E-state index >= 15 is 0 Å². The highest BCUT2D eigenvalue weighted by atomic mass is 15.0. The highest BCUT2D eigenvalue weighted by Crippen LogP contribution is 2.36. The Labute approximate surface area is 284 Å². The first-order valence-corrected chi connectivity index (χ1v) is 16.5. The van der Waals surface area contributed by atoms with E-state index in [-0.39, 0.29) is 0 Å². The van der Waals surface area contributed by atoms with Gasteiger partial charge in [0.25, 0.3) is 0 Å². The van der Waals surface area contributed by atoms with E-state index in [2.05, 4.69) is 144 Å². The van der Waals surface area contributed by atoms with E-state index in [9.17, 15) is 0 Å². The summed E-state index contributed by atoms with van der Waals surface area (Å²) in [5, 5.41) is 2.50. The Bertz CT molecular complexity index is 2530. The van der Waals surface area contributed by atoms with Crippen LogP contribution in [0.15, 0.2) is 182 Å². The van der Waals surface area contributed by atoms with E-state index in [4.69, 9.17) is 15.0 Å². The molecule has 2 aromatic heterocycles. The zero-order valence-electron chi connectivity index (χ0n) is 26.6. The summed E-state index contributed by atoms with van der Waals surface area (Å²) < 4.78 is 2.34. The van der Waals surface area contributed by atoms with Gasteiger partial charge in [0, 0.05) is 33.2 Å². The van der Waals surface area contributed by atoms with Crippen LogP contribution in [0.25, 0.3) is 83.9 Å². The Hall–Kier alpha value is -6.65. The average Bonchev–Trinajstić information content (AvgIpc) is 3.53. The van der Waals surface area contributed by atoms with Crippen LogP contribution >= 0.6 is 0 Å². The van der Waals surface area contributed by atoms with Crippen molar-refractivity contribution in [3.8, 4) is 62.1 Å². The van der Waals surface area contributed by atoms with Gasteiger partial charge in [0.15, 0.2) is 17.5 Å². The molecule has 0 radical (unpaired) electrons. The van der Waals surface area contributed by atoms with Crippen LogP contribution in [0, 0.1) is 0 Å². The van der Waals surface area contributed by atoms with Crippen LogP contribution in [-0.4, -0.2) is 19.5 Å². The van der Waals surface area contributed by atoms with Gasteiger partial charge in [0.05, 0.1) is 11.0 Å². The Balaban J connectivity index is 1.16. The smallest absolute Gasteiger partial charge is 0.164 e. The van der Waals surface area contributed by atoms with Crippen LogP contribution in [0.5, 0.6) is 0 Å². The Morgan fingerprint density at radius 3 is 1.47 bits per heavy atom. The molecule has 0 aliphatic rings. The molecule has 7 aromatic carbocycles. The standard InChI is InChI=1S/C45H30N4/c1-3-14-31(15-4-1)34-18-13-19-35(30-34)44-46-43(33-16-5-2-6-17-33)47-45(48-44)40-23-8-7-20-37(40)32-26-28-36(29-27-32)49-41-24-11-9-21-38(41)39-22-10-12-25-42(39)49/h1-30H. The highest BCUT2D eigenvalue weighted by molar-refractivity contribution is 6.09. The topological polar surface area (TPSA) is 43.6 Å². The van der Waals surface area contributed by atoms with Crippen LogP contribution in [0.4, 0.5) is 0 Å². The first-order valence-electron chi connectivity index (χ1n) is 16.5. The maximum absolute atomic E-state index is 5.12. The predicted octanol–water partition coefficient (Wildman–Crippen LogP) is 11.3. The summed E-state index contributed by atoms with van der Waals surface area (Å²) in [6, 6.07) is 63.3. The number of benzene rings is 7. The predicted molar refractivity (Wildman–Crippen MR) is 201 cm³/mol. The van der Waals surface area contributed by atoms with Crippen LogP contribution in [0.1, 0.15) is 0 Å². The molecule has 0 saturated heterocycles. The van der Waals surface area contributed by atoms with Crippen molar-refractivity contribution in [2.75, 3.05) is 0 Å². The van der Waals surface area contributed by atoms with E-state index in [1.54, 1.807) is 0 Å². The lowest BCUT2D eigenvalue weighted by Crippen LogP contribution is -2.01. The second-order valence-electron chi connectivity index (χ2n) is 12.1. The van der Waals surface area contributed by atoms with Gasteiger partial charge in [-0.1, -0.05) is 152 Å².